The Balaban J connectivity index is 1.35. The quantitative estimate of drug-likeness (QED) is 0.209. The summed E-state index contributed by atoms with van der Waals surface area (Å²) in [5, 5.41) is 1.97. The van der Waals surface area contributed by atoms with Crippen LogP contribution in [0.1, 0.15) is 54.2 Å². The molecule has 0 spiro atoms. The first-order valence-electron chi connectivity index (χ1n) is 14.3. The average molecular weight is 527 g/mol. The standard InChI is InChI=1S/C37H33FNO/c1-24-15-20-30-31-21-22-32(38)35(37(31)40-36(30)34(24)33-14-8-9-23-39(33)2)29-13-7-6-12-28(29)27-18-16-26(17-19-27)25-10-4-3-5-11-25/h3-15,20-23,26-27H,16-19H2,1-2H3/q+1. The summed E-state index contributed by atoms with van der Waals surface area (Å²) in [6, 6.07) is 33.2. The van der Waals surface area contributed by atoms with Crippen molar-refractivity contribution < 1.29 is 13.4 Å². The summed E-state index contributed by atoms with van der Waals surface area (Å²) in [7, 11) is 2.05. The molecule has 0 saturated heterocycles. The lowest BCUT2D eigenvalue weighted by Gasteiger charge is -2.30. The predicted octanol–water partition coefficient (Wildman–Crippen LogP) is 9.63. The van der Waals surface area contributed by atoms with Crippen LogP contribution >= 0.6 is 0 Å². The number of fused-ring (bicyclic) bond motifs is 3. The van der Waals surface area contributed by atoms with Crippen molar-refractivity contribution in [3.8, 4) is 22.4 Å². The zero-order valence-electron chi connectivity index (χ0n) is 23.0. The lowest BCUT2D eigenvalue weighted by Crippen LogP contribution is -2.30. The molecule has 7 rings (SSSR count). The zero-order valence-corrected chi connectivity index (χ0v) is 23.0. The second kappa shape index (κ2) is 10.1. The van der Waals surface area contributed by atoms with Gasteiger partial charge in [0, 0.05) is 22.9 Å². The van der Waals surface area contributed by atoms with E-state index < -0.39 is 0 Å². The summed E-state index contributed by atoms with van der Waals surface area (Å²) in [5.41, 5.74) is 8.89. The molecule has 2 heterocycles. The number of benzene rings is 4. The molecule has 198 valence electrons. The van der Waals surface area contributed by atoms with E-state index in [0.717, 1.165) is 64.4 Å². The minimum absolute atomic E-state index is 0.236. The lowest BCUT2D eigenvalue weighted by molar-refractivity contribution is -0.660. The Labute approximate surface area is 234 Å². The lowest BCUT2D eigenvalue weighted by atomic mass is 9.74. The van der Waals surface area contributed by atoms with Gasteiger partial charge in [-0.25, -0.2) is 8.96 Å². The molecule has 0 radical (unpaired) electrons. The van der Waals surface area contributed by atoms with Gasteiger partial charge in [-0.15, -0.1) is 0 Å². The maximum Gasteiger partial charge on any atom is 0.216 e. The molecular formula is C37H33FNO+. The molecule has 1 fully saturated rings. The Morgan fingerprint density at radius 1 is 0.675 bits per heavy atom. The first-order valence-corrected chi connectivity index (χ1v) is 14.3. The highest BCUT2D eigenvalue weighted by atomic mass is 19.1. The van der Waals surface area contributed by atoms with Gasteiger partial charge in [0.2, 0.25) is 5.69 Å². The number of hydrogen-bond donors (Lipinski definition) is 0. The first kappa shape index (κ1) is 24.8. The van der Waals surface area contributed by atoms with Gasteiger partial charge < -0.3 is 4.42 Å². The van der Waals surface area contributed by atoms with Crippen LogP contribution in [0.3, 0.4) is 0 Å². The van der Waals surface area contributed by atoms with E-state index in [0.29, 0.717) is 23.0 Å². The van der Waals surface area contributed by atoms with Crippen LogP contribution < -0.4 is 4.57 Å². The van der Waals surface area contributed by atoms with Gasteiger partial charge in [0.15, 0.2) is 6.20 Å². The highest BCUT2D eigenvalue weighted by Crippen LogP contribution is 2.46. The predicted molar refractivity (Wildman–Crippen MR) is 161 cm³/mol. The number of rotatable bonds is 4. The molecule has 0 amide bonds. The third-order valence-electron chi connectivity index (χ3n) is 8.95. The van der Waals surface area contributed by atoms with E-state index in [1.165, 1.54) is 11.1 Å². The fourth-order valence-electron chi connectivity index (χ4n) is 6.87. The monoisotopic (exact) mass is 526 g/mol. The highest BCUT2D eigenvalue weighted by molar-refractivity contribution is 6.13. The fraction of sp³-hybridized carbons (Fsp3) is 0.216. The first-order chi connectivity index (χ1) is 19.6. The largest absolute Gasteiger partial charge is 0.454 e. The Hall–Kier alpha value is -4.24. The number of pyridine rings is 1. The zero-order chi connectivity index (χ0) is 27.2. The second-order valence-corrected chi connectivity index (χ2v) is 11.3. The van der Waals surface area contributed by atoms with E-state index >= 15 is 4.39 Å². The van der Waals surface area contributed by atoms with Gasteiger partial charge in [0.05, 0.1) is 11.1 Å². The molecule has 6 aromatic rings. The van der Waals surface area contributed by atoms with Crippen molar-refractivity contribution >= 4 is 21.9 Å². The SMILES string of the molecule is Cc1ccc2c(oc3c(-c4ccccc4C4CCC(c5ccccc5)CC4)c(F)ccc32)c1-c1cccc[n+]1C. The number of nitrogens with zero attached hydrogens (tertiary/aromatic N) is 1. The molecule has 2 nitrogen and oxygen atoms in total. The van der Waals surface area contributed by atoms with Gasteiger partial charge in [-0.1, -0.05) is 66.7 Å². The molecule has 0 bridgehead atoms. The Kier molecular flexibility index (Phi) is 6.23. The molecule has 1 aliphatic carbocycles. The molecule has 0 unspecified atom stereocenters. The summed E-state index contributed by atoms with van der Waals surface area (Å²) in [6.45, 7) is 2.11. The van der Waals surface area contributed by atoms with Gasteiger partial charge in [0.25, 0.3) is 0 Å². The second-order valence-electron chi connectivity index (χ2n) is 11.3. The van der Waals surface area contributed by atoms with E-state index in [-0.39, 0.29) is 5.82 Å². The molecule has 40 heavy (non-hydrogen) atoms. The number of furan rings is 1. The van der Waals surface area contributed by atoms with E-state index in [4.69, 9.17) is 4.42 Å². The van der Waals surface area contributed by atoms with Crippen molar-refractivity contribution in [2.45, 2.75) is 44.4 Å². The molecular weight excluding hydrogens is 493 g/mol. The number of aryl methyl sites for hydroxylation is 2. The van der Waals surface area contributed by atoms with Crippen molar-refractivity contribution in [3.05, 3.63) is 126 Å². The van der Waals surface area contributed by atoms with E-state index in [1.54, 1.807) is 6.07 Å². The molecule has 2 aromatic heterocycles. The summed E-state index contributed by atoms with van der Waals surface area (Å²) in [6.07, 6.45) is 6.54. The fourth-order valence-corrected chi connectivity index (χ4v) is 6.87. The van der Waals surface area contributed by atoms with Crippen LogP contribution in [0, 0.1) is 12.7 Å². The van der Waals surface area contributed by atoms with Crippen molar-refractivity contribution in [3.63, 3.8) is 0 Å². The maximum absolute atomic E-state index is 15.9. The Bertz CT molecular complexity index is 1840. The van der Waals surface area contributed by atoms with Crippen LogP contribution in [0.5, 0.6) is 0 Å². The van der Waals surface area contributed by atoms with Crippen LogP contribution in [0.2, 0.25) is 0 Å². The van der Waals surface area contributed by atoms with Crippen molar-refractivity contribution in [2.24, 2.45) is 7.05 Å². The van der Waals surface area contributed by atoms with Gasteiger partial charge in [-0.3, -0.25) is 0 Å². The van der Waals surface area contributed by atoms with E-state index in [1.807, 2.05) is 37.5 Å². The number of hydrogen-bond acceptors (Lipinski definition) is 1. The van der Waals surface area contributed by atoms with E-state index in [9.17, 15) is 0 Å². The third-order valence-corrected chi connectivity index (χ3v) is 8.95. The topological polar surface area (TPSA) is 17.0 Å². The molecule has 1 saturated carbocycles. The number of halogens is 1. The average Bonchev–Trinajstić information content (AvgIpc) is 3.37. The summed E-state index contributed by atoms with van der Waals surface area (Å²) in [5.74, 6) is 0.762. The number of aromatic nitrogens is 1. The van der Waals surface area contributed by atoms with Crippen LogP contribution in [-0.4, -0.2) is 0 Å². The molecule has 3 heteroatoms. The van der Waals surface area contributed by atoms with Gasteiger partial charge in [-0.2, -0.15) is 0 Å². The highest BCUT2D eigenvalue weighted by Gasteiger charge is 2.28. The molecule has 1 aliphatic rings. The Morgan fingerprint density at radius 3 is 2.10 bits per heavy atom. The van der Waals surface area contributed by atoms with Crippen LogP contribution in [0.4, 0.5) is 4.39 Å². The molecule has 0 atom stereocenters. The summed E-state index contributed by atoms with van der Waals surface area (Å²) >= 11 is 0. The van der Waals surface area contributed by atoms with Crippen molar-refractivity contribution in [1.29, 1.82) is 0 Å². The van der Waals surface area contributed by atoms with E-state index in [2.05, 4.69) is 78.2 Å². The molecule has 4 aromatic carbocycles. The maximum atomic E-state index is 15.9. The molecule has 0 aliphatic heterocycles. The third kappa shape index (κ3) is 4.12. The normalized spacial score (nSPS) is 17.5. The van der Waals surface area contributed by atoms with Gasteiger partial charge in [-0.05, 0) is 84.9 Å². The minimum atomic E-state index is -0.236. The van der Waals surface area contributed by atoms with Crippen molar-refractivity contribution in [2.75, 3.05) is 0 Å². The Morgan fingerprint density at radius 2 is 1.32 bits per heavy atom. The molecule has 0 N–H and O–H groups in total. The summed E-state index contributed by atoms with van der Waals surface area (Å²) in [4.78, 5) is 0. The van der Waals surface area contributed by atoms with Crippen molar-refractivity contribution in [1.82, 2.24) is 0 Å². The summed E-state index contributed by atoms with van der Waals surface area (Å²) < 4.78 is 24.7. The van der Waals surface area contributed by atoms with Gasteiger partial charge in [0.1, 0.15) is 24.0 Å². The van der Waals surface area contributed by atoms with Crippen LogP contribution in [-0.2, 0) is 7.05 Å². The van der Waals surface area contributed by atoms with Gasteiger partial charge >= 0.3 is 0 Å². The van der Waals surface area contributed by atoms with Crippen LogP contribution in [0.15, 0.2) is 108 Å². The smallest absolute Gasteiger partial charge is 0.216 e. The van der Waals surface area contributed by atoms with Crippen LogP contribution in [0.25, 0.3) is 44.3 Å². The minimum Gasteiger partial charge on any atom is -0.454 e.